The van der Waals surface area contributed by atoms with Gasteiger partial charge in [0.2, 0.25) is 15.9 Å². The average Bonchev–Trinajstić information content (AvgIpc) is 3.66. The van der Waals surface area contributed by atoms with Gasteiger partial charge in [0.15, 0.2) is 0 Å². The Labute approximate surface area is 252 Å². The number of methoxy groups -OCH3 is 1. The van der Waals surface area contributed by atoms with E-state index in [1.54, 1.807) is 12.3 Å². The lowest BCUT2D eigenvalue weighted by Gasteiger charge is -2.34. The molecule has 4 heterocycles. The predicted molar refractivity (Wildman–Crippen MR) is 161 cm³/mol. The van der Waals surface area contributed by atoms with Gasteiger partial charge in [0.05, 0.1) is 36.1 Å². The summed E-state index contributed by atoms with van der Waals surface area (Å²) >= 11 is 0. The molecule has 2 atom stereocenters. The molecule has 0 bridgehead atoms. The van der Waals surface area contributed by atoms with Gasteiger partial charge in [-0.05, 0) is 81.8 Å². The van der Waals surface area contributed by atoms with E-state index in [4.69, 9.17) is 14.5 Å². The van der Waals surface area contributed by atoms with Crippen molar-refractivity contribution in [3.8, 4) is 5.88 Å². The van der Waals surface area contributed by atoms with E-state index in [0.717, 1.165) is 57.9 Å². The van der Waals surface area contributed by atoms with Gasteiger partial charge in [-0.3, -0.25) is 9.79 Å². The third kappa shape index (κ3) is 5.02. The molecule has 0 N–H and O–H groups in total. The van der Waals surface area contributed by atoms with Gasteiger partial charge in [0, 0.05) is 30.3 Å². The second-order valence-corrected chi connectivity index (χ2v) is 14.6. The summed E-state index contributed by atoms with van der Waals surface area (Å²) < 4.78 is 41.0. The zero-order valence-corrected chi connectivity index (χ0v) is 26.4. The summed E-state index contributed by atoms with van der Waals surface area (Å²) in [5.74, 6) is -0.834. The normalized spacial score (nSPS) is 20.8. The summed E-state index contributed by atoms with van der Waals surface area (Å²) in [5.41, 5.74) is 4.90. The number of aryl methyl sites for hydroxylation is 3. The largest absolute Gasteiger partial charge is 0.469 e. The van der Waals surface area contributed by atoms with Crippen molar-refractivity contribution >= 4 is 27.4 Å². The molecule has 11 heteroatoms. The number of nitrogens with zero attached hydrogens (tertiary/aromatic N) is 5. The summed E-state index contributed by atoms with van der Waals surface area (Å²) in [6.07, 6.45) is 3.17. The molecular formula is C32H37N5O5S. The highest BCUT2D eigenvalue weighted by atomic mass is 32.2. The van der Waals surface area contributed by atoms with Crippen molar-refractivity contribution in [2.75, 3.05) is 13.7 Å². The molecule has 1 spiro atoms. The average molecular weight is 604 g/mol. The van der Waals surface area contributed by atoms with Gasteiger partial charge >= 0.3 is 5.97 Å². The summed E-state index contributed by atoms with van der Waals surface area (Å²) in [6, 6.07) is 9.52. The van der Waals surface area contributed by atoms with E-state index in [1.807, 2.05) is 65.8 Å². The molecule has 1 fully saturated rings. The Morgan fingerprint density at radius 1 is 1.16 bits per heavy atom. The Kier molecular flexibility index (Phi) is 6.96. The zero-order valence-electron chi connectivity index (χ0n) is 25.6. The number of carbonyl (C=O) groups is 1. The first kappa shape index (κ1) is 29.4. The number of aliphatic imine (C=N–C) groups is 1. The lowest BCUT2D eigenvalue weighted by molar-refractivity contribution is -0.151. The number of esters is 1. The van der Waals surface area contributed by atoms with Gasteiger partial charge in [-0.1, -0.05) is 25.1 Å². The minimum Gasteiger partial charge on any atom is -0.469 e. The van der Waals surface area contributed by atoms with Crippen molar-refractivity contribution in [3.63, 3.8) is 0 Å². The maximum Gasteiger partial charge on any atom is 0.312 e. The fraction of sp³-hybridized carbons (Fsp3) is 0.469. The van der Waals surface area contributed by atoms with E-state index in [-0.39, 0.29) is 35.8 Å². The number of rotatable bonds is 6. The van der Waals surface area contributed by atoms with E-state index in [1.165, 1.54) is 11.4 Å². The quantitative estimate of drug-likeness (QED) is 0.357. The SMILES string of the molecule is COC(=O)C(C)(C)C(C1=Nc2cc(C)nnc2C1C)c1ccc(C)c(CN2CC3(CC3)Oc3ncc(C)cc3S2(=O)=O)c1. The van der Waals surface area contributed by atoms with Gasteiger partial charge in [-0.2, -0.15) is 14.5 Å². The van der Waals surface area contributed by atoms with Gasteiger partial charge < -0.3 is 9.47 Å². The highest BCUT2D eigenvalue weighted by Gasteiger charge is 2.53. The number of hydrogen-bond acceptors (Lipinski definition) is 9. The molecule has 1 aliphatic carbocycles. The lowest BCUT2D eigenvalue weighted by atomic mass is 9.69. The second kappa shape index (κ2) is 10.2. The number of benzene rings is 1. The molecule has 1 saturated carbocycles. The van der Waals surface area contributed by atoms with Crippen molar-refractivity contribution in [3.05, 3.63) is 70.2 Å². The first-order valence-corrected chi connectivity index (χ1v) is 16.0. The smallest absolute Gasteiger partial charge is 0.312 e. The monoisotopic (exact) mass is 603 g/mol. The number of pyridine rings is 1. The summed E-state index contributed by atoms with van der Waals surface area (Å²) in [5, 5.41) is 8.66. The molecule has 2 aromatic heterocycles. The molecule has 0 amide bonds. The van der Waals surface area contributed by atoms with Crippen molar-refractivity contribution in [2.24, 2.45) is 10.4 Å². The minimum atomic E-state index is -3.90. The van der Waals surface area contributed by atoms with Crippen LogP contribution in [0, 0.1) is 26.2 Å². The molecule has 0 saturated heterocycles. The van der Waals surface area contributed by atoms with Crippen LogP contribution in [0.15, 0.2) is 46.4 Å². The molecule has 3 aromatic rings. The van der Waals surface area contributed by atoms with Crippen LogP contribution in [-0.2, 0) is 26.1 Å². The van der Waals surface area contributed by atoms with Gasteiger partial charge in [-0.25, -0.2) is 13.4 Å². The molecular weight excluding hydrogens is 566 g/mol. The third-order valence-corrected chi connectivity index (χ3v) is 10.8. The van der Waals surface area contributed by atoms with Crippen LogP contribution in [0.3, 0.4) is 0 Å². The number of carbonyl (C=O) groups excluding carboxylic acids is 1. The van der Waals surface area contributed by atoms with Crippen molar-refractivity contribution in [1.29, 1.82) is 0 Å². The number of aromatic nitrogens is 3. The third-order valence-electron chi connectivity index (χ3n) is 8.97. The molecule has 43 heavy (non-hydrogen) atoms. The number of fused-ring (bicyclic) bond motifs is 2. The van der Waals surface area contributed by atoms with Crippen molar-refractivity contribution in [2.45, 2.75) is 83.3 Å². The molecule has 6 rings (SSSR count). The van der Waals surface area contributed by atoms with Crippen LogP contribution in [0.25, 0.3) is 0 Å². The maximum atomic E-state index is 14.0. The number of hydrogen-bond donors (Lipinski definition) is 0. The lowest BCUT2D eigenvalue weighted by Crippen LogP contribution is -2.39. The Hall–Kier alpha value is -3.70. The summed E-state index contributed by atoms with van der Waals surface area (Å²) in [4.78, 5) is 22.7. The maximum absolute atomic E-state index is 14.0. The highest BCUT2D eigenvalue weighted by molar-refractivity contribution is 7.89. The molecule has 2 aliphatic heterocycles. The van der Waals surface area contributed by atoms with Crippen LogP contribution in [0.1, 0.15) is 79.1 Å². The first-order valence-electron chi connectivity index (χ1n) is 14.5. The topological polar surface area (TPSA) is 124 Å². The van der Waals surface area contributed by atoms with Crippen LogP contribution in [0.4, 0.5) is 5.69 Å². The Morgan fingerprint density at radius 3 is 2.60 bits per heavy atom. The van der Waals surface area contributed by atoms with E-state index < -0.39 is 27.0 Å². The second-order valence-electron chi connectivity index (χ2n) is 12.7. The Balaban J connectivity index is 1.43. The van der Waals surface area contributed by atoms with Gasteiger partial charge in [0.25, 0.3) is 0 Å². The summed E-state index contributed by atoms with van der Waals surface area (Å²) in [6.45, 7) is 11.8. The standard InChI is InChI=1S/C32H37N5O5S/c1-18-12-25-29(33-15-18)42-32(10-11-32)17-37(43(25,39)40)16-23-14-22(9-8-19(23)2)26(31(5,6)30(38)41-7)28-21(4)27-24(34-28)13-20(3)35-36-27/h8-9,12-15,21,26H,10-11,16-17H2,1-7H3. The van der Waals surface area contributed by atoms with E-state index >= 15 is 0 Å². The zero-order chi connectivity index (χ0) is 30.9. The number of ether oxygens (including phenoxy) is 2. The van der Waals surface area contributed by atoms with E-state index in [0.29, 0.717) is 0 Å². The van der Waals surface area contributed by atoms with Crippen LogP contribution >= 0.6 is 0 Å². The fourth-order valence-corrected chi connectivity index (χ4v) is 7.90. The van der Waals surface area contributed by atoms with Gasteiger partial charge in [0.1, 0.15) is 10.5 Å². The van der Waals surface area contributed by atoms with Crippen LogP contribution in [0.5, 0.6) is 5.88 Å². The summed E-state index contributed by atoms with van der Waals surface area (Å²) in [7, 11) is -2.51. The minimum absolute atomic E-state index is 0.0955. The molecule has 10 nitrogen and oxygen atoms in total. The molecule has 0 radical (unpaired) electrons. The van der Waals surface area contributed by atoms with Crippen LogP contribution < -0.4 is 4.74 Å². The molecule has 226 valence electrons. The Morgan fingerprint density at radius 2 is 1.91 bits per heavy atom. The van der Waals surface area contributed by atoms with Crippen LogP contribution in [0.2, 0.25) is 0 Å². The first-order chi connectivity index (χ1) is 20.3. The van der Waals surface area contributed by atoms with Crippen molar-refractivity contribution < 1.29 is 22.7 Å². The molecule has 2 unspecified atom stereocenters. The van der Waals surface area contributed by atoms with E-state index in [9.17, 15) is 13.2 Å². The van der Waals surface area contributed by atoms with Crippen LogP contribution in [-0.4, -0.2) is 58.8 Å². The van der Waals surface area contributed by atoms with Crippen molar-refractivity contribution in [1.82, 2.24) is 19.5 Å². The van der Waals surface area contributed by atoms with E-state index in [2.05, 4.69) is 15.2 Å². The number of sulfonamides is 1. The predicted octanol–water partition coefficient (Wildman–Crippen LogP) is 5.09. The fourth-order valence-electron chi connectivity index (χ4n) is 6.26. The van der Waals surface area contributed by atoms with Gasteiger partial charge in [-0.15, -0.1) is 0 Å². The molecule has 1 aromatic carbocycles. The molecule has 3 aliphatic rings. The highest BCUT2D eigenvalue weighted by Crippen LogP contribution is 2.48. The Bertz CT molecular complexity index is 1780.